The van der Waals surface area contributed by atoms with E-state index in [9.17, 15) is 9.90 Å². The Labute approximate surface area is 85.4 Å². The number of hydrogen-bond acceptors (Lipinski definition) is 3. The zero-order valence-corrected chi connectivity index (χ0v) is 7.68. The summed E-state index contributed by atoms with van der Waals surface area (Å²) in [6.07, 6.45) is 3.01. The summed E-state index contributed by atoms with van der Waals surface area (Å²) in [4.78, 5) is 10.8. The maximum Gasteiger partial charge on any atom is 0.339 e. The summed E-state index contributed by atoms with van der Waals surface area (Å²) in [5, 5.41) is 18.1. The van der Waals surface area contributed by atoms with Crippen LogP contribution in [0.4, 0.5) is 0 Å². The first-order valence-electron chi connectivity index (χ1n) is 4.27. The van der Waals surface area contributed by atoms with Gasteiger partial charge in [0.25, 0.3) is 0 Å². The van der Waals surface area contributed by atoms with Gasteiger partial charge in [-0.15, -0.1) is 0 Å². The van der Waals surface area contributed by atoms with Crippen molar-refractivity contribution in [2.45, 2.75) is 0 Å². The lowest BCUT2D eigenvalue weighted by molar-refractivity contribution is 0.0694. The summed E-state index contributed by atoms with van der Waals surface area (Å²) in [7, 11) is 0. The third-order valence-electron chi connectivity index (χ3n) is 2.08. The second-order valence-corrected chi connectivity index (χ2v) is 3.05. The van der Waals surface area contributed by atoms with Gasteiger partial charge in [-0.25, -0.2) is 4.79 Å². The number of furan rings is 1. The van der Waals surface area contributed by atoms with E-state index in [2.05, 4.69) is 0 Å². The predicted molar refractivity (Wildman–Crippen MR) is 52.8 cm³/mol. The highest BCUT2D eigenvalue weighted by atomic mass is 16.4. The van der Waals surface area contributed by atoms with Gasteiger partial charge in [-0.1, -0.05) is 6.07 Å². The van der Waals surface area contributed by atoms with Crippen molar-refractivity contribution in [2.75, 3.05) is 0 Å². The van der Waals surface area contributed by atoms with Crippen LogP contribution in [0.15, 0.2) is 41.2 Å². The average Bonchev–Trinajstić information content (AvgIpc) is 2.71. The summed E-state index contributed by atoms with van der Waals surface area (Å²) in [5.41, 5.74) is 1.35. The molecule has 15 heavy (non-hydrogen) atoms. The molecule has 0 aliphatic rings. The maximum absolute atomic E-state index is 10.8. The minimum absolute atomic E-state index is 0.117. The highest BCUT2D eigenvalue weighted by Crippen LogP contribution is 2.26. The fourth-order valence-corrected chi connectivity index (χ4v) is 1.32. The highest BCUT2D eigenvalue weighted by Gasteiger charge is 2.11. The van der Waals surface area contributed by atoms with Gasteiger partial charge in [0.15, 0.2) is 0 Å². The van der Waals surface area contributed by atoms with Crippen molar-refractivity contribution < 1.29 is 19.4 Å². The van der Waals surface area contributed by atoms with Gasteiger partial charge in [-0.3, -0.25) is 0 Å². The first-order chi connectivity index (χ1) is 7.18. The van der Waals surface area contributed by atoms with E-state index in [1.807, 2.05) is 0 Å². The molecule has 0 fully saturated rings. The molecule has 0 aliphatic carbocycles. The van der Waals surface area contributed by atoms with Crippen LogP contribution >= 0.6 is 0 Å². The Kier molecular flexibility index (Phi) is 2.17. The molecule has 0 amide bonds. The van der Waals surface area contributed by atoms with Crippen molar-refractivity contribution in [3.63, 3.8) is 0 Å². The second kappa shape index (κ2) is 3.49. The molecule has 1 aromatic carbocycles. The molecule has 2 aromatic rings. The Bertz CT molecular complexity index is 485. The number of rotatable bonds is 2. The Morgan fingerprint density at radius 3 is 2.60 bits per heavy atom. The third kappa shape index (κ3) is 1.69. The highest BCUT2D eigenvalue weighted by molar-refractivity contribution is 5.92. The van der Waals surface area contributed by atoms with Crippen LogP contribution in [0, 0.1) is 0 Å². The first kappa shape index (κ1) is 9.33. The zero-order chi connectivity index (χ0) is 10.8. The number of benzene rings is 1. The van der Waals surface area contributed by atoms with E-state index in [-0.39, 0.29) is 11.3 Å². The minimum Gasteiger partial charge on any atom is -0.507 e. The van der Waals surface area contributed by atoms with E-state index in [1.165, 1.54) is 24.7 Å². The van der Waals surface area contributed by atoms with Crippen molar-refractivity contribution in [3.05, 3.63) is 42.4 Å². The Hall–Kier alpha value is -2.23. The molecule has 4 heteroatoms. The van der Waals surface area contributed by atoms with Crippen LogP contribution < -0.4 is 0 Å². The summed E-state index contributed by atoms with van der Waals surface area (Å²) >= 11 is 0. The Balaban J connectivity index is 2.52. The standard InChI is InChI=1S/C11H8O4/c12-10-2-1-7(5-9(10)11(13)14)8-3-4-15-6-8/h1-6,12H,(H,13,14). The fourth-order valence-electron chi connectivity index (χ4n) is 1.32. The second-order valence-electron chi connectivity index (χ2n) is 3.05. The van der Waals surface area contributed by atoms with Crippen molar-refractivity contribution in [1.29, 1.82) is 0 Å². The van der Waals surface area contributed by atoms with Gasteiger partial charge in [0.1, 0.15) is 11.3 Å². The van der Waals surface area contributed by atoms with Crippen LogP contribution in [-0.4, -0.2) is 16.2 Å². The van der Waals surface area contributed by atoms with Crippen molar-refractivity contribution in [2.24, 2.45) is 0 Å². The monoisotopic (exact) mass is 204 g/mol. The quantitative estimate of drug-likeness (QED) is 0.787. The summed E-state index contributed by atoms with van der Waals surface area (Å²) < 4.78 is 4.89. The zero-order valence-electron chi connectivity index (χ0n) is 7.68. The Morgan fingerprint density at radius 1 is 1.20 bits per heavy atom. The number of aromatic carboxylic acids is 1. The lowest BCUT2D eigenvalue weighted by Gasteiger charge is -2.02. The van der Waals surface area contributed by atoms with Gasteiger partial charge in [0.2, 0.25) is 0 Å². The largest absolute Gasteiger partial charge is 0.507 e. The number of carboxylic acids is 1. The van der Waals surface area contributed by atoms with E-state index < -0.39 is 5.97 Å². The molecule has 0 saturated carbocycles. The fraction of sp³-hybridized carbons (Fsp3) is 0. The molecule has 0 aliphatic heterocycles. The lowest BCUT2D eigenvalue weighted by Crippen LogP contribution is -1.96. The van der Waals surface area contributed by atoms with Gasteiger partial charge in [-0.2, -0.15) is 0 Å². The number of aromatic hydroxyl groups is 1. The molecule has 0 unspecified atom stereocenters. The molecular weight excluding hydrogens is 196 g/mol. The van der Waals surface area contributed by atoms with Gasteiger partial charge in [0.05, 0.1) is 12.5 Å². The number of hydrogen-bond donors (Lipinski definition) is 2. The molecule has 0 bridgehead atoms. The molecule has 0 saturated heterocycles. The van der Waals surface area contributed by atoms with E-state index >= 15 is 0 Å². The van der Waals surface area contributed by atoms with Crippen molar-refractivity contribution in [1.82, 2.24) is 0 Å². The predicted octanol–water partition coefficient (Wildman–Crippen LogP) is 2.35. The summed E-state index contributed by atoms with van der Waals surface area (Å²) in [6.45, 7) is 0. The Morgan fingerprint density at radius 2 is 2.00 bits per heavy atom. The van der Waals surface area contributed by atoms with Crippen LogP contribution in [-0.2, 0) is 0 Å². The molecule has 2 rings (SSSR count). The molecule has 0 atom stereocenters. The van der Waals surface area contributed by atoms with Crippen LogP contribution in [0.1, 0.15) is 10.4 Å². The first-order valence-corrected chi connectivity index (χ1v) is 4.27. The van der Waals surface area contributed by atoms with Crippen LogP contribution in [0.2, 0.25) is 0 Å². The normalized spacial score (nSPS) is 10.1. The number of carbonyl (C=O) groups is 1. The lowest BCUT2D eigenvalue weighted by atomic mass is 10.1. The van der Waals surface area contributed by atoms with Crippen LogP contribution in [0.5, 0.6) is 5.75 Å². The summed E-state index contributed by atoms with van der Waals surface area (Å²) in [5.74, 6) is -1.40. The van der Waals surface area contributed by atoms with E-state index in [0.717, 1.165) is 5.56 Å². The topological polar surface area (TPSA) is 70.7 Å². The van der Waals surface area contributed by atoms with Crippen LogP contribution in [0.25, 0.3) is 11.1 Å². The van der Waals surface area contributed by atoms with E-state index in [4.69, 9.17) is 9.52 Å². The SMILES string of the molecule is O=C(O)c1cc(-c2ccoc2)ccc1O. The van der Waals surface area contributed by atoms with Crippen molar-refractivity contribution in [3.8, 4) is 16.9 Å². The molecule has 1 heterocycles. The van der Waals surface area contributed by atoms with Gasteiger partial charge in [-0.05, 0) is 23.8 Å². The van der Waals surface area contributed by atoms with Gasteiger partial charge < -0.3 is 14.6 Å². The average molecular weight is 204 g/mol. The maximum atomic E-state index is 10.8. The van der Waals surface area contributed by atoms with Gasteiger partial charge >= 0.3 is 5.97 Å². The third-order valence-corrected chi connectivity index (χ3v) is 2.08. The molecule has 1 aromatic heterocycles. The van der Waals surface area contributed by atoms with Crippen molar-refractivity contribution >= 4 is 5.97 Å². The van der Waals surface area contributed by atoms with E-state index in [1.54, 1.807) is 12.1 Å². The summed E-state index contributed by atoms with van der Waals surface area (Å²) in [6, 6.07) is 6.11. The molecule has 2 N–H and O–H groups in total. The molecule has 0 spiro atoms. The molecule has 76 valence electrons. The molecular formula is C11H8O4. The smallest absolute Gasteiger partial charge is 0.339 e. The van der Waals surface area contributed by atoms with Crippen LogP contribution in [0.3, 0.4) is 0 Å². The molecule has 4 nitrogen and oxygen atoms in total. The van der Waals surface area contributed by atoms with E-state index in [0.29, 0.717) is 5.56 Å². The minimum atomic E-state index is -1.15. The number of phenols is 1. The number of carboxylic acid groups (broad SMARTS) is 1. The van der Waals surface area contributed by atoms with Gasteiger partial charge in [0, 0.05) is 5.56 Å². The molecule has 0 radical (unpaired) electrons.